The third-order valence-electron chi connectivity index (χ3n) is 6.42. The zero-order valence-electron chi connectivity index (χ0n) is 21.8. The number of hydrogen-bond donors (Lipinski definition) is 3. The average Bonchev–Trinajstić information content (AvgIpc) is 3.55. The largest absolute Gasteiger partial charge is 0.490 e. The molecular formula is C23H28F8N6O4. The third kappa shape index (κ3) is 8.37. The molecule has 3 heterocycles. The van der Waals surface area contributed by atoms with Gasteiger partial charge in [0.1, 0.15) is 0 Å². The fraction of sp³-hybridized carbons (Fsp3) is 0.652. The van der Waals surface area contributed by atoms with Crippen LogP contribution in [-0.2, 0) is 9.53 Å². The molecule has 4 rings (SSSR count). The number of carbonyl (C=O) groups is 2. The minimum Gasteiger partial charge on any atom is -0.475 e. The number of imidazole rings is 1. The number of rotatable bonds is 8. The number of ether oxygens (including phenoxy) is 1. The van der Waals surface area contributed by atoms with Crippen molar-refractivity contribution in [1.82, 2.24) is 24.8 Å². The molecular weight excluding hydrogens is 576 g/mol. The first-order valence-electron chi connectivity index (χ1n) is 12.2. The standard InChI is InChI=1S/C21H27F5N6O2.C2HF3O2/c1-19(2,21(24,25)26)6-14(27)15-8-32-17(30-15)5-12(7-29-32)16(9-34-13-3-4-13)31-11-20(22,23)10-28-18(31)33;3-2(4,5)1(6)7/h5,7-8,13-14,16H,3-4,6,9-11,27H2,1-2H3,(H,28,33);(H,6,7)/t14-,16+;/m0./s1. The minimum atomic E-state index is -5.08. The zero-order chi connectivity index (χ0) is 31.0. The Morgan fingerprint density at radius 1 is 1.24 bits per heavy atom. The molecule has 230 valence electrons. The van der Waals surface area contributed by atoms with Gasteiger partial charge in [0.05, 0.1) is 55.3 Å². The van der Waals surface area contributed by atoms with Crippen molar-refractivity contribution in [2.75, 3.05) is 19.7 Å². The van der Waals surface area contributed by atoms with E-state index in [1.807, 2.05) is 0 Å². The van der Waals surface area contributed by atoms with E-state index in [-0.39, 0.29) is 30.5 Å². The maximum absolute atomic E-state index is 14.1. The van der Waals surface area contributed by atoms with Crippen molar-refractivity contribution in [1.29, 1.82) is 0 Å². The molecule has 1 aliphatic heterocycles. The first-order chi connectivity index (χ1) is 18.7. The topological polar surface area (TPSA) is 135 Å². The summed E-state index contributed by atoms with van der Waals surface area (Å²) >= 11 is 0. The Labute approximate surface area is 227 Å². The molecule has 18 heteroatoms. The van der Waals surface area contributed by atoms with E-state index in [9.17, 15) is 39.9 Å². The van der Waals surface area contributed by atoms with E-state index in [0.29, 0.717) is 5.56 Å². The van der Waals surface area contributed by atoms with Gasteiger partial charge in [0, 0.05) is 11.6 Å². The lowest BCUT2D eigenvalue weighted by Gasteiger charge is -2.38. The van der Waals surface area contributed by atoms with Gasteiger partial charge in [-0.15, -0.1) is 0 Å². The number of halogens is 8. The number of fused-ring (bicyclic) bond motifs is 1. The van der Waals surface area contributed by atoms with Gasteiger partial charge in [-0.3, -0.25) is 0 Å². The van der Waals surface area contributed by atoms with Gasteiger partial charge in [0.2, 0.25) is 0 Å². The van der Waals surface area contributed by atoms with Crippen LogP contribution in [0.5, 0.6) is 0 Å². The molecule has 0 spiro atoms. The fourth-order valence-electron chi connectivity index (χ4n) is 3.80. The van der Waals surface area contributed by atoms with Crippen LogP contribution in [0, 0.1) is 5.41 Å². The van der Waals surface area contributed by atoms with Crippen molar-refractivity contribution in [2.24, 2.45) is 11.1 Å². The number of urea groups is 1. The summed E-state index contributed by atoms with van der Waals surface area (Å²) in [5, 5.41) is 13.5. The van der Waals surface area contributed by atoms with Gasteiger partial charge in [0.25, 0.3) is 5.92 Å². The summed E-state index contributed by atoms with van der Waals surface area (Å²) in [6, 6.07) is -0.931. The number of carboxylic acid groups (broad SMARTS) is 1. The number of carbonyl (C=O) groups excluding carboxylic acids is 1. The van der Waals surface area contributed by atoms with Crippen LogP contribution in [0.25, 0.3) is 5.65 Å². The summed E-state index contributed by atoms with van der Waals surface area (Å²) in [5.41, 5.74) is 4.92. The van der Waals surface area contributed by atoms with Crippen molar-refractivity contribution in [3.63, 3.8) is 0 Å². The number of alkyl halides is 8. The monoisotopic (exact) mass is 604 g/mol. The molecule has 0 bridgehead atoms. The lowest BCUT2D eigenvalue weighted by Crippen LogP contribution is -2.58. The molecule has 2 atom stereocenters. The van der Waals surface area contributed by atoms with Gasteiger partial charge in [-0.25, -0.2) is 27.9 Å². The van der Waals surface area contributed by atoms with Crippen LogP contribution in [0.3, 0.4) is 0 Å². The number of aromatic nitrogens is 3. The van der Waals surface area contributed by atoms with Crippen LogP contribution < -0.4 is 11.1 Å². The average molecular weight is 604 g/mol. The van der Waals surface area contributed by atoms with Crippen LogP contribution >= 0.6 is 0 Å². The number of hydrogen-bond acceptors (Lipinski definition) is 6. The summed E-state index contributed by atoms with van der Waals surface area (Å²) in [5.74, 6) is -5.87. The summed E-state index contributed by atoms with van der Waals surface area (Å²) in [6.45, 7) is 0.621. The Morgan fingerprint density at radius 3 is 2.39 bits per heavy atom. The molecule has 2 aromatic rings. The molecule has 1 aliphatic carbocycles. The van der Waals surface area contributed by atoms with Crippen LogP contribution in [-0.4, -0.2) is 80.7 Å². The van der Waals surface area contributed by atoms with Crippen LogP contribution in [0.2, 0.25) is 0 Å². The third-order valence-corrected chi connectivity index (χ3v) is 6.42. The number of amides is 2. The maximum Gasteiger partial charge on any atom is 0.490 e. The van der Waals surface area contributed by atoms with Crippen molar-refractivity contribution in [3.8, 4) is 0 Å². The van der Waals surface area contributed by atoms with Gasteiger partial charge in [0.15, 0.2) is 5.65 Å². The highest BCUT2D eigenvalue weighted by Gasteiger charge is 2.48. The second-order valence-electron chi connectivity index (χ2n) is 10.4. The molecule has 4 N–H and O–H groups in total. The molecule has 1 saturated carbocycles. The van der Waals surface area contributed by atoms with Crippen molar-refractivity contribution in [3.05, 3.63) is 29.7 Å². The molecule has 2 amide bonds. The maximum atomic E-state index is 14.1. The molecule has 0 unspecified atom stereocenters. The van der Waals surface area contributed by atoms with Crippen molar-refractivity contribution in [2.45, 2.75) is 69.6 Å². The number of carboxylic acids is 1. The van der Waals surface area contributed by atoms with E-state index >= 15 is 0 Å². The van der Waals surface area contributed by atoms with Gasteiger partial charge in [-0.05, 0) is 25.3 Å². The fourth-order valence-corrected chi connectivity index (χ4v) is 3.80. The normalized spacial score (nSPS) is 19.3. The van der Waals surface area contributed by atoms with E-state index in [0.717, 1.165) is 31.6 Å². The Kier molecular flexibility index (Phi) is 9.07. The summed E-state index contributed by atoms with van der Waals surface area (Å²) in [7, 11) is 0. The molecule has 10 nitrogen and oxygen atoms in total. The molecule has 2 aliphatic rings. The Morgan fingerprint density at radius 2 is 1.85 bits per heavy atom. The SMILES string of the molecule is CC(C)(C[C@H](N)c1cn2ncc([C@@H](COC3CC3)N3CC(F)(F)CNC3=O)cc2n1)C(F)(F)F.O=C(O)C(F)(F)F. The first kappa shape index (κ1) is 32.2. The van der Waals surface area contributed by atoms with Crippen molar-refractivity contribution < 1.29 is 54.6 Å². The predicted octanol–water partition coefficient (Wildman–Crippen LogP) is 4.22. The van der Waals surface area contributed by atoms with Gasteiger partial charge < -0.3 is 25.8 Å². The number of nitrogens with zero attached hydrogens (tertiary/aromatic N) is 4. The lowest BCUT2D eigenvalue weighted by atomic mass is 9.84. The Bertz CT molecular complexity index is 1240. The van der Waals surface area contributed by atoms with Gasteiger partial charge in [-0.1, -0.05) is 13.8 Å². The number of nitrogens with two attached hydrogens (primary N) is 1. The zero-order valence-corrected chi connectivity index (χ0v) is 21.8. The summed E-state index contributed by atoms with van der Waals surface area (Å²) < 4.78 is 107. The highest BCUT2D eigenvalue weighted by Crippen LogP contribution is 2.43. The second-order valence-corrected chi connectivity index (χ2v) is 10.4. The van der Waals surface area contributed by atoms with E-state index in [1.54, 1.807) is 6.07 Å². The van der Waals surface area contributed by atoms with Gasteiger partial charge in [-0.2, -0.15) is 31.4 Å². The minimum absolute atomic E-state index is 0.00112. The number of nitrogens with one attached hydrogen (secondary N) is 1. The Hall–Kier alpha value is -3.28. The molecule has 41 heavy (non-hydrogen) atoms. The highest BCUT2D eigenvalue weighted by atomic mass is 19.4. The summed E-state index contributed by atoms with van der Waals surface area (Å²) in [4.78, 5) is 26.6. The Balaban J connectivity index is 0.000000587. The quantitative estimate of drug-likeness (QED) is 0.384. The van der Waals surface area contributed by atoms with E-state index in [1.165, 1.54) is 16.9 Å². The summed E-state index contributed by atoms with van der Waals surface area (Å²) in [6.07, 6.45) is -5.29. The van der Waals surface area contributed by atoms with Crippen LogP contribution in [0.4, 0.5) is 39.9 Å². The second kappa shape index (κ2) is 11.5. The van der Waals surface area contributed by atoms with E-state index < -0.39 is 60.9 Å². The van der Waals surface area contributed by atoms with Crippen LogP contribution in [0.1, 0.15) is 56.5 Å². The lowest BCUT2D eigenvalue weighted by molar-refractivity contribution is -0.215. The predicted molar refractivity (Wildman–Crippen MR) is 125 cm³/mol. The van der Waals surface area contributed by atoms with Crippen LogP contribution in [0.15, 0.2) is 18.5 Å². The van der Waals surface area contributed by atoms with Gasteiger partial charge >= 0.3 is 24.4 Å². The molecule has 1 saturated heterocycles. The molecule has 2 fully saturated rings. The smallest absolute Gasteiger partial charge is 0.475 e. The first-order valence-corrected chi connectivity index (χ1v) is 12.2. The molecule has 2 aromatic heterocycles. The van der Waals surface area contributed by atoms with E-state index in [4.69, 9.17) is 20.4 Å². The molecule has 0 radical (unpaired) electrons. The number of aliphatic carboxylic acids is 1. The molecule has 0 aromatic carbocycles. The van der Waals surface area contributed by atoms with Crippen molar-refractivity contribution >= 4 is 17.6 Å². The highest BCUT2D eigenvalue weighted by molar-refractivity contribution is 5.76. The van der Waals surface area contributed by atoms with E-state index in [2.05, 4.69) is 15.4 Å².